The van der Waals surface area contributed by atoms with Gasteiger partial charge in [0.25, 0.3) is 0 Å². The van der Waals surface area contributed by atoms with Crippen molar-refractivity contribution in [2.45, 2.75) is 56.1 Å². The first-order valence-electron chi connectivity index (χ1n) is 12.9. The van der Waals surface area contributed by atoms with Crippen LogP contribution in [0.4, 0.5) is 0 Å². The summed E-state index contributed by atoms with van der Waals surface area (Å²) in [6.45, 7) is 0.212. The molecule has 2 saturated carbocycles. The van der Waals surface area contributed by atoms with Gasteiger partial charge in [0.2, 0.25) is 0 Å². The Kier molecular flexibility index (Phi) is 7.07. The van der Waals surface area contributed by atoms with Gasteiger partial charge < -0.3 is 14.4 Å². The number of nitrogens with zero attached hydrogens (tertiary/aromatic N) is 2. The second-order valence-electron chi connectivity index (χ2n) is 10.4. The fourth-order valence-electron chi connectivity index (χ4n) is 5.58. The molecule has 5 nitrogen and oxygen atoms in total. The van der Waals surface area contributed by atoms with Gasteiger partial charge in [0, 0.05) is 17.0 Å². The third-order valence-corrected chi connectivity index (χ3v) is 8.71. The van der Waals surface area contributed by atoms with Crippen LogP contribution in [-0.4, -0.2) is 10.3 Å². The minimum absolute atomic E-state index is 0.153. The number of rotatable bonds is 7. The lowest BCUT2D eigenvalue weighted by molar-refractivity contribution is 0.0429. The molecule has 39 heavy (non-hydrogen) atoms. The van der Waals surface area contributed by atoms with Crippen molar-refractivity contribution in [3.63, 3.8) is 0 Å². The number of aliphatic hydroxyl groups is 1. The van der Waals surface area contributed by atoms with Gasteiger partial charge in [-0.3, -0.25) is 0 Å². The molecule has 2 aliphatic carbocycles. The predicted molar refractivity (Wildman–Crippen MR) is 151 cm³/mol. The molecule has 4 aromatic rings. The first-order valence-corrected chi connectivity index (χ1v) is 14.1. The Morgan fingerprint density at radius 2 is 1.74 bits per heavy atom. The van der Waals surface area contributed by atoms with Gasteiger partial charge in [0.15, 0.2) is 0 Å². The number of benzene rings is 3. The standard InChI is InChI=1S/C31H25Cl3N2O3/c32-25-5-2-6-26(33)28(25)29-23(30(39-36-29)19-7-8-19)17-38-22-9-10-24(27(34)14-22)31(37)12-11-21(15-31)20-4-1-3-18(13-20)16-35/h1-6,9-10,13-14,19,21,37H,7-8,11-12,15,17H2. The van der Waals surface area contributed by atoms with Gasteiger partial charge in [-0.05, 0) is 80.0 Å². The van der Waals surface area contributed by atoms with Crippen LogP contribution in [0.3, 0.4) is 0 Å². The van der Waals surface area contributed by atoms with E-state index in [4.69, 9.17) is 44.1 Å². The molecular formula is C31H25Cl3N2O3. The summed E-state index contributed by atoms with van der Waals surface area (Å²) in [5.41, 5.74) is 3.36. The molecule has 2 aliphatic rings. The Morgan fingerprint density at radius 1 is 0.974 bits per heavy atom. The predicted octanol–water partition coefficient (Wildman–Crippen LogP) is 8.79. The maximum atomic E-state index is 11.6. The van der Waals surface area contributed by atoms with E-state index in [1.807, 2.05) is 30.3 Å². The first-order chi connectivity index (χ1) is 18.9. The van der Waals surface area contributed by atoms with E-state index in [1.54, 1.807) is 30.3 Å². The van der Waals surface area contributed by atoms with Crippen molar-refractivity contribution in [3.8, 4) is 23.1 Å². The van der Waals surface area contributed by atoms with E-state index in [0.29, 0.717) is 62.0 Å². The maximum absolute atomic E-state index is 11.6. The highest BCUT2D eigenvalue weighted by Gasteiger charge is 2.41. The highest BCUT2D eigenvalue weighted by molar-refractivity contribution is 6.39. The van der Waals surface area contributed by atoms with Gasteiger partial charge in [-0.25, -0.2) is 0 Å². The zero-order chi connectivity index (χ0) is 27.1. The topological polar surface area (TPSA) is 79.3 Å². The van der Waals surface area contributed by atoms with Gasteiger partial charge >= 0.3 is 0 Å². The monoisotopic (exact) mass is 578 g/mol. The molecule has 8 heteroatoms. The van der Waals surface area contributed by atoms with Crippen LogP contribution in [0.15, 0.2) is 65.2 Å². The maximum Gasteiger partial charge on any atom is 0.147 e. The lowest BCUT2D eigenvalue weighted by Gasteiger charge is -2.25. The Morgan fingerprint density at radius 3 is 2.46 bits per heavy atom. The SMILES string of the molecule is N#Cc1cccc(C2CCC(O)(c3ccc(OCc4c(-c5c(Cl)cccc5Cl)noc4C4CC4)cc3Cl)C2)c1. The van der Waals surface area contributed by atoms with Crippen molar-refractivity contribution in [2.24, 2.45) is 0 Å². The molecule has 1 aromatic heterocycles. The van der Waals surface area contributed by atoms with Crippen molar-refractivity contribution in [2.75, 3.05) is 0 Å². The average molecular weight is 580 g/mol. The van der Waals surface area contributed by atoms with Gasteiger partial charge in [-0.2, -0.15) is 5.26 Å². The Labute approximate surface area is 241 Å². The van der Waals surface area contributed by atoms with Crippen LogP contribution < -0.4 is 4.74 Å². The fraction of sp³-hybridized carbons (Fsp3) is 0.290. The summed E-state index contributed by atoms with van der Waals surface area (Å²) in [4.78, 5) is 0. The number of aromatic nitrogens is 1. The molecule has 2 atom stereocenters. The van der Waals surface area contributed by atoms with Crippen LogP contribution in [0.5, 0.6) is 5.75 Å². The van der Waals surface area contributed by atoms with Crippen molar-refractivity contribution in [1.29, 1.82) is 5.26 Å². The second-order valence-corrected chi connectivity index (χ2v) is 11.6. The lowest BCUT2D eigenvalue weighted by atomic mass is 9.89. The highest BCUT2D eigenvalue weighted by atomic mass is 35.5. The minimum Gasteiger partial charge on any atom is -0.489 e. The fourth-order valence-corrected chi connectivity index (χ4v) is 6.51. The number of halogens is 3. The molecule has 2 fully saturated rings. The molecule has 1 N–H and O–H groups in total. The summed E-state index contributed by atoms with van der Waals surface area (Å²) in [5.74, 6) is 1.84. The van der Waals surface area contributed by atoms with E-state index >= 15 is 0 Å². The highest BCUT2D eigenvalue weighted by Crippen LogP contribution is 2.49. The van der Waals surface area contributed by atoms with Gasteiger partial charge in [-0.1, -0.05) is 64.2 Å². The molecular weight excluding hydrogens is 555 g/mol. The van der Waals surface area contributed by atoms with Crippen LogP contribution in [0.1, 0.15) is 72.0 Å². The molecule has 0 radical (unpaired) electrons. The minimum atomic E-state index is -1.05. The molecule has 3 aromatic carbocycles. The Bertz CT molecular complexity index is 1570. The molecule has 0 aliphatic heterocycles. The van der Waals surface area contributed by atoms with Gasteiger partial charge in [-0.15, -0.1) is 0 Å². The number of nitriles is 1. The summed E-state index contributed by atoms with van der Waals surface area (Å²) in [7, 11) is 0. The second kappa shape index (κ2) is 10.5. The summed E-state index contributed by atoms with van der Waals surface area (Å²) in [5, 5.41) is 26.6. The van der Waals surface area contributed by atoms with Crippen molar-refractivity contribution < 1.29 is 14.4 Å². The lowest BCUT2D eigenvalue weighted by Crippen LogP contribution is -2.22. The molecule has 0 saturated heterocycles. The van der Waals surface area contributed by atoms with Gasteiger partial charge in [0.05, 0.1) is 37.9 Å². The van der Waals surface area contributed by atoms with Crippen LogP contribution in [0.25, 0.3) is 11.3 Å². The summed E-state index contributed by atoms with van der Waals surface area (Å²) in [6.07, 6.45) is 4.01. The summed E-state index contributed by atoms with van der Waals surface area (Å²) in [6, 6.07) is 20.5. The van der Waals surface area contributed by atoms with E-state index in [1.165, 1.54) is 0 Å². The normalized spacial score (nSPS) is 20.6. The van der Waals surface area contributed by atoms with E-state index in [2.05, 4.69) is 11.2 Å². The zero-order valence-electron chi connectivity index (χ0n) is 21.0. The van der Waals surface area contributed by atoms with Crippen LogP contribution >= 0.6 is 34.8 Å². The van der Waals surface area contributed by atoms with Crippen LogP contribution in [-0.2, 0) is 12.2 Å². The van der Waals surface area contributed by atoms with E-state index in [-0.39, 0.29) is 12.5 Å². The van der Waals surface area contributed by atoms with Gasteiger partial charge in [0.1, 0.15) is 23.8 Å². The van der Waals surface area contributed by atoms with Crippen LogP contribution in [0, 0.1) is 11.3 Å². The van der Waals surface area contributed by atoms with Crippen molar-refractivity contribution >= 4 is 34.8 Å². The van der Waals surface area contributed by atoms with Crippen LogP contribution in [0.2, 0.25) is 15.1 Å². The molecule has 6 rings (SSSR count). The average Bonchev–Trinajstić information content (AvgIpc) is 3.57. The number of hydrogen-bond acceptors (Lipinski definition) is 5. The molecule has 0 bridgehead atoms. The molecule has 0 amide bonds. The number of ether oxygens (including phenoxy) is 1. The molecule has 198 valence electrons. The zero-order valence-corrected chi connectivity index (χ0v) is 23.2. The van der Waals surface area contributed by atoms with E-state index in [0.717, 1.165) is 36.1 Å². The summed E-state index contributed by atoms with van der Waals surface area (Å²) < 4.78 is 11.9. The Balaban J connectivity index is 1.22. The third-order valence-electron chi connectivity index (χ3n) is 7.77. The first kappa shape index (κ1) is 26.2. The Hall–Kier alpha value is -3.01. The molecule has 0 spiro atoms. The largest absolute Gasteiger partial charge is 0.489 e. The molecule has 1 heterocycles. The van der Waals surface area contributed by atoms with Crippen molar-refractivity contribution in [1.82, 2.24) is 5.16 Å². The third kappa shape index (κ3) is 5.15. The van der Waals surface area contributed by atoms with E-state index < -0.39 is 5.60 Å². The van der Waals surface area contributed by atoms with Crippen molar-refractivity contribution in [3.05, 3.63) is 104 Å². The smallest absolute Gasteiger partial charge is 0.147 e. The quantitative estimate of drug-likeness (QED) is 0.237. The number of hydrogen-bond donors (Lipinski definition) is 1. The summed E-state index contributed by atoms with van der Waals surface area (Å²) >= 11 is 19.7. The molecule has 2 unspecified atom stereocenters. The van der Waals surface area contributed by atoms with E-state index in [9.17, 15) is 10.4 Å².